The highest BCUT2D eigenvalue weighted by atomic mass is 16.5. The van der Waals surface area contributed by atoms with Crippen molar-refractivity contribution in [3.05, 3.63) is 36.2 Å². The topological polar surface area (TPSA) is 60.2 Å². The Hall–Kier alpha value is -1.72. The van der Waals surface area contributed by atoms with E-state index in [1.807, 2.05) is 30.3 Å². The van der Waals surface area contributed by atoms with Gasteiger partial charge in [0.2, 0.25) is 11.8 Å². The van der Waals surface area contributed by atoms with Gasteiger partial charge in [-0.25, -0.2) is 0 Å². The second-order valence-corrected chi connectivity index (χ2v) is 5.09. The summed E-state index contributed by atoms with van der Waals surface area (Å²) < 4.78 is 11.3. The molecule has 1 aromatic carbocycles. The molecule has 1 aromatic heterocycles. The van der Waals surface area contributed by atoms with Crippen molar-refractivity contribution in [3.63, 3.8) is 0 Å². The molecule has 2 atom stereocenters. The largest absolute Gasteiger partial charge is 0.419 e. The molecule has 2 heterocycles. The van der Waals surface area contributed by atoms with E-state index in [9.17, 15) is 0 Å². The van der Waals surface area contributed by atoms with Crippen LogP contribution in [0, 0.1) is 0 Å². The quantitative estimate of drug-likeness (QED) is 0.906. The van der Waals surface area contributed by atoms with Gasteiger partial charge in [0, 0.05) is 18.2 Å². The van der Waals surface area contributed by atoms with E-state index in [1.54, 1.807) is 0 Å². The lowest BCUT2D eigenvalue weighted by Gasteiger charge is -2.18. The molecule has 0 bridgehead atoms. The highest BCUT2D eigenvalue weighted by Crippen LogP contribution is 2.18. The van der Waals surface area contributed by atoms with E-state index in [0.29, 0.717) is 30.5 Å². The van der Waals surface area contributed by atoms with Gasteiger partial charge in [-0.1, -0.05) is 18.2 Å². The van der Waals surface area contributed by atoms with E-state index in [-0.39, 0.29) is 0 Å². The molecule has 3 rings (SSSR count). The van der Waals surface area contributed by atoms with Crippen LogP contribution in [-0.4, -0.2) is 29.0 Å². The Morgan fingerprint density at radius 1 is 1.30 bits per heavy atom. The Balaban J connectivity index is 1.57. The first-order valence-corrected chi connectivity index (χ1v) is 7.06. The summed E-state index contributed by atoms with van der Waals surface area (Å²) in [6.07, 6.45) is 2.56. The van der Waals surface area contributed by atoms with Crippen molar-refractivity contribution in [2.24, 2.45) is 0 Å². The second kappa shape index (κ2) is 6.15. The third kappa shape index (κ3) is 3.05. The van der Waals surface area contributed by atoms with Crippen molar-refractivity contribution in [2.75, 3.05) is 6.61 Å². The molecule has 0 spiro atoms. The number of hydrogen-bond acceptors (Lipinski definition) is 5. The van der Waals surface area contributed by atoms with Crippen molar-refractivity contribution in [2.45, 2.75) is 38.5 Å². The molecule has 1 N–H and O–H groups in total. The highest BCUT2D eigenvalue weighted by molar-refractivity contribution is 5.51. The van der Waals surface area contributed by atoms with Gasteiger partial charge in [0.05, 0.1) is 12.6 Å². The molecule has 0 amide bonds. The molecule has 5 nitrogen and oxygen atoms in total. The Kier molecular flexibility index (Phi) is 4.08. The van der Waals surface area contributed by atoms with Crippen LogP contribution >= 0.6 is 0 Å². The lowest BCUT2D eigenvalue weighted by Crippen LogP contribution is -2.36. The minimum absolute atomic E-state index is 0.296. The van der Waals surface area contributed by atoms with E-state index in [1.165, 1.54) is 0 Å². The van der Waals surface area contributed by atoms with Gasteiger partial charge in [-0.3, -0.25) is 0 Å². The minimum atomic E-state index is 0.296. The van der Waals surface area contributed by atoms with Gasteiger partial charge in [-0.15, -0.1) is 10.2 Å². The van der Waals surface area contributed by atoms with E-state index >= 15 is 0 Å². The Labute approximate surface area is 118 Å². The normalized spacial score (nSPS) is 20.1. The first-order valence-electron chi connectivity index (χ1n) is 7.06. The van der Waals surface area contributed by atoms with Crippen LogP contribution in [0.4, 0.5) is 0 Å². The van der Waals surface area contributed by atoms with Crippen molar-refractivity contribution < 1.29 is 9.15 Å². The van der Waals surface area contributed by atoms with Crippen LogP contribution < -0.4 is 5.32 Å². The van der Waals surface area contributed by atoms with Crippen molar-refractivity contribution in [1.29, 1.82) is 0 Å². The standard InChI is InChI=1S/C15H19N3O2/c1-11(13-8-5-9-19-13)16-10-14-17-18-15(20-14)12-6-3-2-4-7-12/h2-4,6-7,11,13,16H,5,8-10H2,1H3. The third-order valence-electron chi connectivity index (χ3n) is 3.59. The average molecular weight is 273 g/mol. The fourth-order valence-corrected chi connectivity index (χ4v) is 2.40. The zero-order valence-corrected chi connectivity index (χ0v) is 11.6. The van der Waals surface area contributed by atoms with Crippen LogP contribution in [-0.2, 0) is 11.3 Å². The minimum Gasteiger partial charge on any atom is -0.419 e. The first-order chi connectivity index (χ1) is 9.83. The molecule has 1 fully saturated rings. The van der Waals surface area contributed by atoms with Crippen LogP contribution in [0.15, 0.2) is 34.7 Å². The van der Waals surface area contributed by atoms with Crippen LogP contribution in [0.5, 0.6) is 0 Å². The first kappa shape index (κ1) is 13.3. The predicted octanol–water partition coefficient (Wildman–Crippen LogP) is 2.39. The number of aromatic nitrogens is 2. The number of benzene rings is 1. The number of nitrogens with zero attached hydrogens (tertiary/aromatic N) is 2. The summed E-state index contributed by atoms with van der Waals surface area (Å²) in [4.78, 5) is 0. The molecule has 0 aliphatic carbocycles. The molecular formula is C15H19N3O2. The van der Waals surface area contributed by atoms with E-state index in [0.717, 1.165) is 25.0 Å². The zero-order chi connectivity index (χ0) is 13.8. The summed E-state index contributed by atoms with van der Waals surface area (Å²) in [5.41, 5.74) is 0.943. The SMILES string of the molecule is CC(NCc1nnc(-c2ccccc2)o1)C1CCCO1. The Morgan fingerprint density at radius 2 is 2.15 bits per heavy atom. The van der Waals surface area contributed by atoms with Crippen LogP contribution in [0.3, 0.4) is 0 Å². The maximum Gasteiger partial charge on any atom is 0.247 e. The summed E-state index contributed by atoms with van der Waals surface area (Å²) in [7, 11) is 0. The maximum atomic E-state index is 5.66. The van der Waals surface area contributed by atoms with Crippen LogP contribution in [0.2, 0.25) is 0 Å². The van der Waals surface area contributed by atoms with Crippen molar-refractivity contribution in [1.82, 2.24) is 15.5 Å². The monoisotopic (exact) mass is 273 g/mol. The number of hydrogen-bond donors (Lipinski definition) is 1. The summed E-state index contributed by atoms with van der Waals surface area (Å²) in [5, 5.41) is 11.5. The smallest absolute Gasteiger partial charge is 0.247 e. The molecule has 1 saturated heterocycles. The lowest BCUT2D eigenvalue weighted by atomic mass is 10.1. The molecule has 2 aromatic rings. The number of ether oxygens (including phenoxy) is 1. The van der Waals surface area contributed by atoms with E-state index in [2.05, 4.69) is 22.4 Å². The van der Waals surface area contributed by atoms with Gasteiger partial charge in [-0.2, -0.15) is 0 Å². The summed E-state index contributed by atoms with van der Waals surface area (Å²) in [6, 6.07) is 10.1. The highest BCUT2D eigenvalue weighted by Gasteiger charge is 2.22. The summed E-state index contributed by atoms with van der Waals surface area (Å²) in [6.45, 7) is 3.57. The van der Waals surface area contributed by atoms with Crippen molar-refractivity contribution >= 4 is 0 Å². The van der Waals surface area contributed by atoms with Gasteiger partial charge in [0.15, 0.2) is 0 Å². The van der Waals surface area contributed by atoms with Gasteiger partial charge < -0.3 is 14.5 Å². The second-order valence-electron chi connectivity index (χ2n) is 5.09. The fourth-order valence-electron chi connectivity index (χ4n) is 2.40. The molecule has 106 valence electrons. The zero-order valence-electron chi connectivity index (χ0n) is 11.6. The molecule has 0 saturated carbocycles. The fraction of sp³-hybridized carbons (Fsp3) is 0.467. The predicted molar refractivity (Wildman–Crippen MR) is 75.0 cm³/mol. The number of nitrogens with one attached hydrogen (secondary N) is 1. The van der Waals surface area contributed by atoms with Crippen molar-refractivity contribution in [3.8, 4) is 11.5 Å². The van der Waals surface area contributed by atoms with E-state index < -0.39 is 0 Å². The van der Waals surface area contributed by atoms with Crippen LogP contribution in [0.25, 0.3) is 11.5 Å². The van der Waals surface area contributed by atoms with Gasteiger partial charge in [0.1, 0.15) is 0 Å². The molecule has 0 radical (unpaired) electrons. The lowest BCUT2D eigenvalue weighted by molar-refractivity contribution is 0.0824. The van der Waals surface area contributed by atoms with Gasteiger partial charge in [-0.05, 0) is 31.9 Å². The maximum absolute atomic E-state index is 5.66. The van der Waals surface area contributed by atoms with Crippen LogP contribution in [0.1, 0.15) is 25.7 Å². The average Bonchev–Trinajstić information content (AvgIpc) is 3.17. The Morgan fingerprint density at radius 3 is 2.90 bits per heavy atom. The summed E-state index contributed by atoms with van der Waals surface area (Å²) >= 11 is 0. The third-order valence-corrected chi connectivity index (χ3v) is 3.59. The molecule has 2 unspecified atom stereocenters. The van der Waals surface area contributed by atoms with Gasteiger partial charge >= 0.3 is 0 Å². The summed E-state index contributed by atoms with van der Waals surface area (Å²) in [5.74, 6) is 1.17. The molecule has 5 heteroatoms. The van der Waals surface area contributed by atoms with E-state index in [4.69, 9.17) is 9.15 Å². The van der Waals surface area contributed by atoms with Gasteiger partial charge in [0.25, 0.3) is 0 Å². The molecule has 1 aliphatic rings. The Bertz CT molecular complexity index is 535. The number of rotatable bonds is 5. The molecule has 1 aliphatic heterocycles. The molecular weight excluding hydrogens is 254 g/mol. The molecule has 20 heavy (non-hydrogen) atoms.